The van der Waals surface area contributed by atoms with Crippen molar-refractivity contribution < 1.29 is 0 Å². The van der Waals surface area contributed by atoms with Crippen molar-refractivity contribution in [1.29, 1.82) is 0 Å². The Balaban J connectivity index is 0.00000117. The number of H-pyrrole nitrogens is 1. The second-order valence-corrected chi connectivity index (χ2v) is 8.37. The fraction of sp³-hybridized carbons (Fsp3) is 0.440. The lowest BCUT2D eigenvalue weighted by Crippen LogP contribution is -2.33. The molecular formula is C25H35N3S. The first-order valence-corrected chi connectivity index (χ1v) is 12.0. The van der Waals surface area contributed by atoms with Gasteiger partial charge in [-0.3, -0.25) is 0 Å². The molecule has 3 aromatic rings. The molecule has 0 aliphatic heterocycles. The Hall–Kier alpha value is -2.04. The zero-order valence-electron chi connectivity index (χ0n) is 18.2. The van der Waals surface area contributed by atoms with Crippen LogP contribution in [0.1, 0.15) is 69.7 Å². The molecule has 0 saturated heterocycles. The highest BCUT2D eigenvalue weighted by Gasteiger charge is 2.24. The zero-order valence-corrected chi connectivity index (χ0v) is 19.0. The molecule has 4 rings (SSSR count). The Morgan fingerprint density at radius 3 is 2.83 bits per heavy atom. The zero-order chi connectivity index (χ0) is 20.6. The highest BCUT2D eigenvalue weighted by Crippen LogP contribution is 2.37. The molecule has 0 radical (unpaired) electrons. The summed E-state index contributed by atoms with van der Waals surface area (Å²) < 4.78 is 0. The molecule has 1 aliphatic carbocycles. The van der Waals surface area contributed by atoms with E-state index in [0.29, 0.717) is 12.0 Å². The van der Waals surface area contributed by atoms with Gasteiger partial charge in [-0.2, -0.15) is 0 Å². The number of hydrogen-bond donors (Lipinski definition) is 3. The highest BCUT2D eigenvalue weighted by atomic mass is 32.1. The van der Waals surface area contributed by atoms with E-state index >= 15 is 0 Å². The number of aromatic amines is 1. The van der Waals surface area contributed by atoms with E-state index in [9.17, 15) is 0 Å². The molecule has 0 spiro atoms. The standard InChI is InChI=1S/C23H29N3S.C2H6/c1-3-21(23-9-6-12-27-23)26-18-10-11-22-19(14-18)20(15-25-22)16-7-5-8-17(13-16)24-4-2;1-2/h3,6,9-12,14-17,24-26H,4-5,7-8,13H2,1-2H3;1-2H3/b21-3-;. The van der Waals surface area contributed by atoms with E-state index in [1.54, 1.807) is 11.3 Å². The average molecular weight is 410 g/mol. The number of rotatable bonds is 6. The van der Waals surface area contributed by atoms with Crippen LogP contribution in [0.3, 0.4) is 0 Å². The van der Waals surface area contributed by atoms with Gasteiger partial charge in [0.1, 0.15) is 0 Å². The lowest BCUT2D eigenvalue weighted by Gasteiger charge is -2.29. The topological polar surface area (TPSA) is 39.9 Å². The average Bonchev–Trinajstić information content (AvgIpc) is 3.44. The maximum Gasteiger partial charge on any atom is 0.0515 e. The number of thiophene rings is 1. The van der Waals surface area contributed by atoms with Crippen molar-refractivity contribution >= 4 is 33.6 Å². The molecule has 29 heavy (non-hydrogen) atoms. The third-order valence-electron chi connectivity index (χ3n) is 5.67. The fourth-order valence-corrected chi connectivity index (χ4v) is 5.12. The quantitative estimate of drug-likeness (QED) is 0.398. The monoisotopic (exact) mass is 409 g/mol. The van der Waals surface area contributed by atoms with Crippen molar-refractivity contribution in [3.63, 3.8) is 0 Å². The van der Waals surface area contributed by atoms with E-state index in [1.165, 1.54) is 52.7 Å². The van der Waals surface area contributed by atoms with Gasteiger partial charge < -0.3 is 15.6 Å². The van der Waals surface area contributed by atoms with Gasteiger partial charge in [-0.15, -0.1) is 11.3 Å². The van der Waals surface area contributed by atoms with Gasteiger partial charge in [-0.25, -0.2) is 0 Å². The largest absolute Gasteiger partial charge is 0.361 e. The molecule has 2 atom stereocenters. The van der Waals surface area contributed by atoms with Crippen molar-refractivity contribution in [1.82, 2.24) is 10.3 Å². The lowest BCUT2D eigenvalue weighted by molar-refractivity contribution is 0.345. The maximum absolute atomic E-state index is 3.66. The summed E-state index contributed by atoms with van der Waals surface area (Å²) in [6.45, 7) is 9.36. The first kappa shape index (κ1) is 21.7. The third-order valence-corrected chi connectivity index (χ3v) is 6.58. The van der Waals surface area contributed by atoms with E-state index in [-0.39, 0.29) is 0 Å². The highest BCUT2D eigenvalue weighted by molar-refractivity contribution is 7.11. The number of anilines is 1. The summed E-state index contributed by atoms with van der Waals surface area (Å²) in [6.07, 6.45) is 9.55. The third kappa shape index (κ3) is 5.12. The van der Waals surface area contributed by atoms with Crippen molar-refractivity contribution in [3.8, 4) is 0 Å². The van der Waals surface area contributed by atoms with E-state index in [1.807, 2.05) is 13.8 Å². The van der Waals surface area contributed by atoms with Gasteiger partial charge in [-0.1, -0.05) is 39.3 Å². The van der Waals surface area contributed by atoms with Gasteiger partial charge >= 0.3 is 0 Å². The Morgan fingerprint density at radius 1 is 1.24 bits per heavy atom. The van der Waals surface area contributed by atoms with Crippen LogP contribution < -0.4 is 10.6 Å². The van der Waals surface area contributed by atoms with Crippen LogP contribution in [0.2, 0.25) is 0 Å². The van der Waals surface area contributed by atoms with E-state index < -0.39 is 0 Å². The van der Waals surface area contributed by atoms with E-state index in [2.05, 4.69) is 77.4 Å². The summed E-state index contributed by atoms with van der Waals surface area (Å²) in [5, 5.41) is 10.8. The molecule has 0 bridgehead atoms. The molecule has 1 fully saturated rings. The minimum Gasteiger partial charge on any atom is -0.361 e. The minimum absolute atomic E-state index is 0.644. The molecule has 4 heteroatoms. The van der Waals surface area contributed by atoms with Gasteiger partial charge in [0.25, 0.3) is 0 Å². The second kappa shape index (κ2) is 10.7. The van der Waals surface area contributed by atoms with Crippen LogP contribution in [0.5, 0.6) is 0 Å². The normalized spacial score (nSPS) is 19.7. The van der Waals surface area contributed by atoms with E-state index in [0.717, 1.165) is 12.2 Å². The Bertz CT molecular complexity index is 905. The molecule has 1 aliphatic rings. The second-order valence-electron chi connectivity index (χ2n) is 7.43. The van der Waals surface area contributed by atoms with E-state index in [4.69, 9.17) is 0 Å². The first-order valence-electron chi connectivity index (χ1n) is 11.1. The molecule has 2 heterocycles. The summed E-state index contributed by atoms with van der Waals surface area (Å²) in [5.41, 5.74) is 5.05. The molecule has 3 nitrogen and oxygen atoms in total. The molecule has 1 aromatic carbocycles. The molecule has 0 amide bonds. The number of hydrogen-bond acceptors (Lipinski definition) is 3. The molecule has 2 unspecified atom stereocenters. The number of aromatic nitrogens is 1. The minimum atomic E-state index is 0.644. The molecular weight excluding hydrogens is 374 g/mol. The Kier molecular flexibility index (Phi) is 7.96. The number of allylic oxidation sites excluding steroid dienone is 1. The summed E-state index contributed by atoms with van der Waals surface area (Å²) in [7, 11) is 0. The first-order chi connectivity index (χ1) is 14.3. The predicted molar refractivity (Wildman–Crippen MR) is 130 cm³/mol. The Labute approximate surface area is 179 Å². The number of nitrogens with one attached hydrogen (secondary N) is 3. The summed E-state index contributed by atoms with van der Waals surface area (Å²) in [4.78, 5) is 4.76. The van der Waals surface area contributed by atoms with Crippen LogP contribution in [-0.4, -0.2) is 17.6 Å². The van der Waals surface area contributed by atoms with Crippen molar-refractivity contribution in [3.05, 3.63) is 58.4 Å². The molecule has 1 saturated carbocycles. The summed E-state index contributed by atoms with van der Waals surface area (Å²) in [6, 6.07) is 11.6. The smallest absolute Gasteiger partial charge is 0.0515 e. The number of fused-ring (bicyclic) bond motifs is 1. The van der Waals surface area contributed by atoms with Crippen LogP contribution in [0.25, 0.3) is 16.6 Å². The van der Waals surface area contributed by atoms with Gasteiger partial charge in [0, 0.05) is 28.8 Å². The van der Waals surface area contributed by atoms with Crippen LogP contribution >= 0.6 is 11.3 Å². The van der Waals surface area contributed by atoms with Crippen molar-refractivity contribution in [2.45, 2.75) is 65.3 Å². The molecule has 2 aromatic heterocycles. The van der Waals surface area contributed by atoms with Gasteiger partial charge in [0.15, 0.2) is 0 Å². The predicted octanol–water partition coefficient (Wildman–Crippen LogP) is 7.36. The lowest BCUT2D eigenvalue weighted by atomic mass is 9.81. The number of benzene rings is 1. The van der Waals surface area contributed by atoms with Gasteiger partial charge in [0.2, 0.25) is 0 Å². The van der Waals surface area contributed by atoms with Crippen LogP contribution in [0, 0.1) is 0 Å². The Morgan fingerprint density at radius 2 is 2.10 bits per heavy atom. The van der Waals surface area contributed by atoms with Gasteiger partial charge in [-0.05, 0) is 73.9 Å². The van der Waals surface area contributed by atoms with Crippen LogP contribution in [0.4, 0.5) is 5.69 Å². The van der Waals surface area contributed by atoms with Crippen molar-refractivity contribution in [2.24, 2.45) is 0 Å². The van der Waals surface area contributed by atoms with Crippen molar-refractivity contribution in [2.75, 3.05) is 11.9 Å². The fourth-order valence-electron chi connectivity index (χ4n) is 4.37. The molecule has 3 N–H and O–H groups in total. The van der Waals surface area contributed by atoms with Crippen LogP contribution in [0.15, 0.2) is 48.0 Å². The maximum atomic E-state index is 3.66. The SMILES string of the molecule is C/C=C(\Nc1ccc2[nH]cc(C3CCCC(NCC)C3)c2c1)c1cccs1.CC. The molecule has 156 valence electrons. The van der Waals surface area contributed by atoms with Crippen LogP contribution in [-0.2, 0) is 0 Å². The summed E-state index contributed by atoms with van der Waals surface area (Å²) >= 11 is 1.77. The van der Waals surface area contributed by atoms with Gasteiger partial charge in [0.05, 0.1) is 10.6 Å². The summed E-state index contributed by atoms with van der Waals surface area (Å²) in [5.74, 6) is 0.644.